The molecule has 0 bridgehead atoms. The zero-order chi connectivity index (χ0) is 12.8. The summed E-state index contributed by atoms with van der Waals surface area (Å²) in [6.45, 7) is 4.13. The van der Waals surface area contributed by atoms with Crippen LogP contribution in [0.15, 0.2) is 35.3 Å². The molecule has 1 aliphatic heterocycles. The van der Waals surface area contributed by atoms with Crippen LogP contribution >= 0.6 is 0 Å². The van der Waals surface area contributed by atoms with Crippen molar-refractivity contribution in [2.24, 2.45) is 4.99 Å². The molecule has 0 radical (unpaired) electrons. The van der Waals surface area contributed by atoms with Crippen molar-refractivity contribution in [2.75, 3.05) is 26.8 Å². The van der Waals surface area contributed by atoms with Crippen LogP contribution in [-0.2, 0) is 9.47 Å². The Hall–Kier alpha value is -1.39. The summed E-state index contributed by atoms with van der Waals surface area (Å²) in [4.78, 5) is 4.53. The van der Waals surface area contributed by atoms with Crippen LogP contribution in [0.2, 0.25) is 0 Å². The van der Waals surface area contributed by atoms with Gasteiger partial charge in [0.05, 0.1) is 12.6 Å². The number of amidine groups is 1. The summed E-state index contributed by atoms with van der Waals surface area (Å²) in [6, 6.07) is 10.2. The van der Waals surface area contributed by atoms with Gasteiger partial charge in [0.1, 0.15) is 11.9 Å². The van der Waals surface area contributed by atoms with Crippen LogP contribution in [0.4, 0.5) is 0 Å². The lowest BCUT2D eigenvalue weighted by atomic mass is 10.1. The number of aliphatic imine (C=N–C) groups is 1. The molecule has 98 valence electrons. The fourth-order valence-corrected chi connectivity index (χ4v) is 2.00. The average Bonchev–Trinajstić information content (AvgIpc) is 2.46. The molecule has 4 heteroatoms. The van der Waals surface area contributed by atoms with Crippen LogP contribution in [0.3, 0.4) is 0 Å². The lowest BCUT2D eigenvalue weighted by Crippen LogP contribution is -2.43. The Morgan fingerprint density at radius 1 is 1.39 bits per heavy atom. The average molecular weight is 248 g/mol. The van der Waals surface area contributed by atoms with Gasteiger partial charge in [-0.1, -0.05) is 30.3 Å². The first kappa shape index (κ1) is 13.1. The van der Waals surface area contributed by atoms with E-state index in [4.69, 9.17) is 9.47 Å². The second kappa shape index (κ2) is 6.52. The summed E-state index contributed by atoms with van der Waals surface area (Å²) in [5.41, 5.74) is 1.13. The van der Waals surface area contributed by atoms with Crippen LogP contribution in [0, 0.1) is 0 Å². The monoisotopic (exact) mass is 248 g/mol. The Balaban J connectivity index is 2.14. The number of benzene rings is 1. The zero-order valence-electron chi connectivity index (χ0n) is 10.9. The smallest absolute Gasteiger partial charge is 0.139 e. The summed E-state index contributed by atoms with van der Waals surface area (Å²) in [7, 11) is 1.71. The molecule has 0 saturated carbocycles. The van der Waals surface area contributed by atoms with Crippen molar-refractivity contribution in [2.45, 2.75) is 19.1 Å². The lowest BCUT2D eigenvalue weighted by molar-refractivity contribution is 0.0918. The Morgan fingerprint density at radius 3 is 2.72 bits per heavy atom. The zero-order valence-corrected chi connectivity index (χ0v) is 10.9. The maximum absolute atomic E-state index is 5.80. The van der Waals surface area contributed by atoms with Gasteiger partial charge in [-0.15, -0.1) is 0 Å². The van der Waals surface area contributed by atoms with Crippen molar-refractivity contribution in [3.63, 3.8) is 0 Å². The summed E-state index contributed by atoms with van der Waals surface area (Å²) in [5, 5.41) is 3.30. The molecule has 2 atom stereocenters. The Labute approximate surface area is 108 Å². The van der Waals surface area contributed by atoms with E-state index in [0.29, 0.717) is 13.2 Å². The number of hydrogen-bond acceptors (Lipinski definition) is 4. The second-order valence-electron chi connectivity index (χ2n) is 4.21. The van der Waals surface area contributed by atoms with E-state index in [1.54, 1.807) is 7.11 Å². The predicted molar refractivity (Wildman–Crippen MR) is 71.9 cm³/mol. The second-order valence-corrected chi connectivity index (χ2v) is 4.21. The minimum atomic E-state index is -0.103. The van der Waals surface area contributed by atoms with Crippen LogP contribution in [0.25, 0.3) is 0 Å². The van der Waals surface area contributed by atoms with E-state index < -0.39 is 0 Å². The first-order valence-electron chi connectivity index (χ1n) is 6.32. The molecule has 0 amide bonds. The third-order valence-corrected chi connectivity index (χ3v) is 2.99. The molecule has 2 rings (SSSR count). The van der Waals surface area contributed by atoms with E-state index in [2.05, 4.69) is 22.4 Å². The van der Waals surface area contributed by atoms with Gasteiger partial charge in [-0.05, 0) is 12.5 Å². The van der Waals surface area contributed by atoms with Crippen molar-refractivity contribution in [1.29, 1.82) is 0 Å². The third-order valence-electron chi connectivity index (χ3n) is 2.99. The van der Waals surface area contributed by atoms with Crippen LogP contribution < -0.4 is 5.32 Å². The van der Waals surface area contributed by atoms with Crippen LogP contribution in [-0.4, -0.2) is 38.7 Å². The highest BCUT2D eigenvalue weighted by Gasteiger charge is 2.23. The predicted octanol–water partition coefficient (Wildman–Crippen LogP) is 1.78. The molecule has 1 aliphatic rings. The quantitative estimate of drug-likeness (QED) is 0.863. The van der Waals surface area contributed by atoms with Gasteiger partial charge in [-0.2, -0.15) is 0 Å². The van der Waals surface area contributed by atoms with Gasteiger partial charge in [-0.3, -0.25) is 4.99 Å². The fraction of sp³-hybridized carbons (Fsp3) is 0.500. The molecule has 0 aromatic heterocycles. The van der Waals surface area contributed by atoms with Gasteiger partial charge in [-0.25, -0.2) is 0 Å². The number of rotatable bonds is 5. The van der Waals surface area contributed by atoms with E-state index in [9.17, 15) is 0 Å². The molecule has 0 spiro atoms. The molecule has 1 aromatic carbocycles. The summed E-state index contributed by atoms with van der Waals surface area (Å²) >= 11 is 0. The molecule has 0 unspecified atom stereocenters. The van der Waals surface area contributed by atoms with Gasteiger partial charge in [0.25, 0.3) is 0 Å². The molecule has 1 N–H and O–H groups in total. The number of hydrogen-bond donors (Lipinski definition) is 1. The lowest BCUT2D eigenvalue weighted by Gasteiger charge is -2.27. The molecule has 18 heavy (non-hydrogen) atoms. The van der Waals surface area contributed by atoms with E-state index >= 15 is 0 Å². The number of methoxy groups -OCH3 is 1. The minimum Gasteiger partial charge on any atom is -0.378 e. The van der Waals surface area contributed by atoms with Crippen LogP contribution in [0.1, 0.15) is 18.6 Å². The maximum atomic E-state index is 5.80. The summed E-state index contributed by atoms with van der Waals surface area (Å²) in [6.07, 6.45) is 0.0563. The molecule has 1 aromatic rings. The Bertz CT molecular complexity index is 392. The van der Waals surface area contributed by atoms with Gasteiger partial charge in [0.15, 0.2) is 0 Å². The van der Waals surface area contributed by atoms with Gasteiger partial charge in [0, 0.05) is 20.3 Å². The number of nitrogens with zero attached hydrogens (tertiary/aromatic N) is 1. The topological polar surface area (TPSA) is 42.9 Å². The highest BCUT2D eigenvalue weighted by atomic mass is 16.5. The van der Waals surface area contributed by atoms with Gasteiger partial charge < -0.3 is 14.8 Å². The summed E-state index contributed by atoms with van der Waals surface area (Å²) in [5.74, 6) is 0.899. The first-order valence-corrected chi connectivity index (χ1v) is 6.32. The Kier molecular flexibility index (Phi) is 4.73. The van der Waals surface area contributed by atoms with Gasteiger partial charge >= 0.3 is 0 Å². The van der Waals surface area contributed by atoms with Crippen molar-refractivity contribution >= 4 is 5.84 Å². The number of nitrogens with one attached hydrogen (secondary N) is 1. The normalized spacial score (nSPS) is 21.0. The molecule has 0 saturated heterocycles. The van der Waals surface area contributed by atoms with E-state index in [1.165, 1.54) is 0 Å². The first-order chi connectivity index (χ1) is 8.85. The minimum absolute atomic E-state index is 0.103. The van der Waals surface area contributed by atoms with E-state index in [-0.39, 0.29) is 12.2 Å². The molecular formula is C14H20N2O2. The summed E-state index contributed by atoms with van der Waals surface area (Å²) < 4.78 is 11.1. The van der Waals surface area contributed by atoms with E-state index in [1.807, 2.05) is 25.1 Å². The Morgan fingerprint density at radius 2 is 2.17 bits per heavy atom. The van der Waals surface area contributed by atoms with Crippen LogP contribution in [0.5, 0.6) is 0 Å². The SMILES string of the molecule is CCO[C@@H](C1=NC[C@H](OC)CN1)c1ccccc1. The van der Waals surface area contributed by atoms with Crippen molar-refractivity contribution in [3.8, 4) is 0 Å². The maximum Gasteiger partial charge on any atom is 0.139 e. The largest absolute Gasteiger partial charge is 0.378 e. The molecule has 1 heterocycles. The van der Waals surface area contributed by atoms with Crippen molar-refractivity contribution < 1.29 is 9.47 Å². The molecule has 0 fully saturated rings. The standard InChI is InChI=1S/C14H20N2O2/c1-3-18-13(11-7-5-4-6-8-11)14-15-9-12(17-2)10-16-14/h4-8,12-13H,3,9-10H2,1-2H3,(H,15,16)/t13-/m1/s1. The molecule has 4 nitrogen and oxygen atoms in total. The molecule has 0 aliphatic carbocycles. The van der Waals surface area contributed by atoms with Crippen molar-refractivity contribution in [3.05, 3.63) is 35.9 Å². The molecular weight excluding hydrogens is 228 g/mol. The fourth-order valence-electron chi connectivity index (χ4n) is 2.00. The van der Waals surface area contributed by atoms with Gasteiger partial charge in [0.2, 0.25) is 0 Å². The van der Waals surface area contributed by atoms with Crippen molar-refractivity contribution in [1.82, 2.24) is 5.32 Å². The third kappa shape index (κ3) is 3.09. The number of ether oxygens (including phenoxy) is 2. The van der Waals surface area contributed by atoms with E-state index in [0.717, 1.165) is 17.9 Å². The highest BCUT2D eigenvalue weighted by molar-refractivity contribution is 5.88. The highest BCUT2D eigenvalue weighted by Crippen LogP contribution is 2.19.